The van der Waals surface area contributed by atoms with E-state index in [0.29, 0.717) is 30.4 Å². The van der Waals surface area contributed by atoms with Crippen molar-refractivity contribution >= 4 is 10.9 Å². The molecule has 0 spiro atoms. The van der Waals surface area contributed by atoms with Gasteiger partial charge in [-0.3, -0.25) is 14.5 Å². The van der Waals surface area contributed by atoms with E-state index in [2.05, 4.69) is 15.2 Å². The number of methoxy groups -OCH3 is 1. The third-order valence-corrected chi connectivity index (χ3v) is 4.65. The lowest BCUT2D eigenvalue weighted by atomic mass is 10.2. The molecule has 31 heavy (non-hydrogen) atoms. The summed E-state index contributed by atoms with van der Waals surface area (Å²) in [6, 6.07) is 8.90. The van der Waals surface area contributed by atoms with Gasteiger partial charge in [-0.05, 0) is 31.2 Å². The fourth-order valence-electron chi connectivity index (χ4n) is 2.99. The molecule has 0 saturated heterocycles. The predicted octanol–water partition coefficient (Wildman–Crippen LogP) is 2.60. The summed E-state index contributed by atoms with van der Waals surface area (Å²) in [4.78, 5) is 16.6. The summed E-state index contributed by atoms with van der Waals surface area (Å²) in [5, 5.41) is 9.52. The SMILES string of the molecule is CCn1cc(-n2ccc(=O)c(COc3ccc4ncc(OCCOC)cc4c3)n2)cn1. The Labute approximate surface area is 178 Å². The largest absolute Gasteiger partial charge is 0.490 e. The molecular weight excluding hydrogens is 398 g/mol. The van der Waals surface area contributed by atoms with Crippen LogP contribution in [0.4, 0.5) is 0 Å². The number of fused-ring (bicyclic) bond motifs is 1. The van der Waals surface area contributed by atoms with Crippen molar-refractivity contribution < 1.29 is 14.2 Å². The van der Waals surface area contributed by atoms with E-state index < -0.39 is 0 Å². The van der Waals surface area contributed by atoms with Crippen LogP contribution in [0.15, 0.2) is 59.9 Å². The first-order valence-corrected chi connectivity index (χ1v) is 9.92. The molecule has 4 aromatic rings. The summed E-state index contributed by atoms with van der Waals surface area (Å²) in [6.45, 7) is 3.75. The fraction of sp³-hybridized carbons (Fsp3) is 0.273. The van der Waals surface area contributed by atoms with Crippen LogP contribution in [0, 0.1) is 0 Å². The molecule has 0 fully saturated rings. The molecule has 9 nitrogen and oxygen atoms in total. The van der Waals surface area contributed by atoms with Gasteiger partial charge in [0.15, 0.2) is 0 Å². The van der Waals surface area contributed by atoms with Gasteiger partial charge in [-0.25, -0.2) is 4.68 Å². The van der Waals surface area contributed by atoms with E-state index in [1.54, 1.807) is 35.1 Å². The topological polar surface area (TPSA) is 93.3 Å². The average molecular weight is 421 g/mol. The van der Waals surface area contributed by atoms with Crippen LogP contribution in [-0.4, -0.2) is 44.9 Å². The van der Waals surface area contributed by atoms with Crippen molar-refractivity contribution in [3.63, 3.8) is 0 Å². The van der Waals surface area contributed by atoms with Crippen LogP contribution >= 0.6 is 0 Å². The highest BCUT2D eigenvalue weighted by molar-refractivity contribution is 5.81. The van der Waals surface area contributed by atoms with Crippen molar-refractivity contribution in [3.8, 4) is 17.2 Å². The zero-order valence-electron chi connectivity index (χ0n) is 17.4. The quantitative estimate of drug-likeness (QED) is 0.384. The van der Waals surface area contributed by atoms with Crippen LogP contribution in [-0.2, 0) is 17.9 Å². The van der Waals surface area contributed by atoms with Crippen molar-refractivity contribution in [3.05, 3.63) is 71.0 Å². The third-order valence-electron chi connectivity index (χ3n) is 4.65. The molecule has 0 aliphatic carbocycles. The molecule has 1 aromatic carbocycles. The summed E-state index contributed by atoms with van der Waals surface area (Å²) < 4.78 is 19.9. The number of hydrogen-bond acceptors (Lipinski definition) is 7. The summed E-state index contributed by atoms with van der Waals surface area (Å²) in [5.41, 5.74) is 1.72. The molecule has 3 aromatic heterocycles. The van der Waals surface area contributed by atoms with Gasteiger partial charge in [0.05, 0.1) is 30.7 Å². The average Bonchev–Trinajstić information content (AvgIpc) is 3.28. The van der Waals surface area contributed by atoms with E-state index in [9.17, 15) is 4.79 Å². The number of ether oxygens (including phenoxy) is 3. The van der Waals surface area contributed by atoms with E-state index in [4.69, 9.17) is 14.2 Å². The lowest BCUT2D eigenvalue weighted by Crippen LogP contribution is -2.17. The molecule has 0 amide bonds. The summed E-state index contributed by atoms with van der Waals surface area (Å²) in [5.74, 6) is 1.26. The van der Waals surface area contributed by atoms with Crippen molar-refractivity contribution in [1.82, 2.24) is 24.5 Å². The fourth-order valence-corrected chi connectivity index (χ4v) is 2.99. The molecule has 0 atom stereocenters. The maximum Gasteiger partial charge on any atom is 0.206 e. The molecular formula is C22H23N5O4. The minimum atomic E-state index is -0.185. The highest BCUT2D eigenvalue weighted by Gasteiger charge is 2.08. The van der Waals surface area contributed by atoms with Crippen LogP contribution in [0.2, 0.25) is 0 Å². The van der Waals surface area contributed by atoms with E-state index in [-0.39, 0.29) is 12.0 Å². The second-order valence-corrected chi connectivity index (χ2v) is 6.78. The minimum absolute atomic E-state index is 0.0462. The normalized spacial score (nSPS) is 11.0. The molecule has 0 aliphatic heterocycles. The Hall–Kier alpha value is -3.72. The standard InChI is InChI=1S/C22H23N5O4/c1-3-26-14-17(12-24-26)27-7-6-22(28)21(25-27)15-31-18-4-5-20-16(10-18)11-19(13-23-20)30-9-8-29-2/h4-7,10-14H,3,8-9,15H2,1-2H3. The van der Waals surface area contributed by atoms with Crippen molar-refractivity contribution in [2.75, 3.05) is 20.3 Å². The van der Waals surface area contributed by atoms with Gasteiger partial charge in [0.2, 0.25) is 5.43 Å². The van der Waals surface area contributed by atoms with Gasteiger partial charge in [-0.2, -0.15) is 10.2 Å². The van der Waals surface area contributed by atoms with Gasteiger partial charge in [0, 0.05) is 31.3 Å². The molecule has 0 unspecified atom stereocenters. The Morgan fingerprint density at radius 3 is 2.71 bits per heavy atom. The number of aromatic nitrogens is 5. The van der Waals surface area contributed by atoms with Crippen LogP contribution in [0.1, 0.15) is 12.6 Å². The Morgan fingerprint density at radius 1 is 1.03 bits per heavy atom. The number of pyridine rings is 1. The third kappa shape index (κ3) is 4.89. The highest BCUT2D eigenvalue weighted by atomic mass is 16.5. The van der Waals surface area contributed by atoms with Gasteiger partial charge < -0.3 is 14.2 Å². The van der Waals surface area contributed by atoms with Crippen molar-refractivity contribution in [1.29, 1.82) is 0 Å². The lowest BCUT2D eigenvalue weighted by Gasteiger charge is -2.09. The smallest absolute Gasteiger partial charge is 0.206 e. The summed E-state index contributed by atoms with van der Waals surface area (Å²) in [6.07, 6.45) is 6.87. The second kappa shape index (κ2) is 9.40. The first kappa shape index (κ1) is 20.5. The molecule has 0 radical (unpaired) electrons. The van der Waals surface area contributed by atoms with E-state index >= 15 is 0 Å². The summed E-state index contributed by atoms with van der Waals surface area (Å²) >= 11 is 0. The number of rotatable bonds is 9. The monoisotopic (exact) mass is 421 g/mol. The number of aryl methyl sites for hydroxylation is 1. The van der Waals surface area contributed by atoms with Crippen molar-refractivity contribution in [2.45, 2.75) is 20.1 Å². The molecule has 0 N–H and O–H groups in total. The summed E-state index contributed by atoms with van der Waals surface area (Å²) in [7, 11) is 1.63. The first-order valence-electron chi connectivity index (χ1n) is 9.92. The van der Waals surface area contributed by atoms with Gasteiger partial charge in [0.25, 0.3) is 0 Å². The Bertz CT molecular complexity index is 1230. The Balaban J connectivity index is 1.50. The molecule has 0 saturated carbocycles. The predicted molar refractivity (Wildman–Crippen MR) is 115 cm³/mol. The van der Waals surface area contributed by atoms with Crippen LogP contribution < -0.4 is 14.9 Å². The lowest BCUT2D eigenvalue weighted by molar-refractivity contribution is 0.146. The van der Waals surface area contributed by atoms with Crippen molar-refractivity contribution in [2.24, 2.45) is 0 Å². The second-order valence-electron chi connectivity index (χ2n) is 6.78. The Morgan fingerprint density at radius 2 is 1.90 bits per heavy atom. The molecule has 4 rings (SSSR count). The maximum absolute atomic E-state index is 12.3. The Kier molecular flexibility index (Phi) is 6.23. The first-order chi connectivity index (χ1) is 15.2. The number of nitrogens with zero attached hydrogens (tertiary/aromatic N) is 5. The van der Waals surface area contributed by atoms with E-state index in [1.807, 2.05) is 37.4 Å². The minimum Gasteiger partial charge on any atom is -0.490 e. The molecule has 160 valence electrons. The zero-order chi connectivity index (χ0) is 21.6. The molecule has 0 bridgehead atoms. The molecule has 0 aliphatic rings. The van der Waals surface area contributed by atoms with Gasteiger partial charge in [-0.15, -0.1) is 0 Å². The maximum atomic E-state index is 12.3. The van der Waals surface area contributed by atoms with Gasteiger partial charge in [0.1, 0.15) is 36.1 Å². The molecule has 9 heteroatoms. The highest BCUT2D eigenvalue weighted by Crippen LogP contribution is 2.23. The number of hydrogen-bond donors (Lipinski definition) is 0. The van der Waals surface area contributed by atoms with Gasteiger partial charge in [-0.1, -0.05) is 0 Å². The van der Waals surface area contributed by atoms with Gasteiger partial charge >= 0.3 is 0 Å². The zero-order valence-corrected chi connectivity index (χ0v) is 17.4. The van der Waals surface area contributed by atoms with Crippen LogP contribution in [0.3, 0.4) is 0 Å². The van der Waals surface area contributed by atoms with E-state index in [0.717, 1.165) is 23.1 Å². The van der Waals surface area contributed by atoms with E-state index in [1.165, 1.54) is 6.07 Å². The van der Waals surface area contributed by atoms with Crippen LogP contribution in [0.25, 0.3) is 16.6 Å². The number of benzene rings is 1. The molecule has 3 heterocycles. The van der Waals surface area contributed by atoms with Crippen LogP contribution in [0.5, 0.6) is 11.5 Å².